The molecule has 0 saturated carbocycles. The molecule has 0 radical (unpaired) electrons. The molecule has 1 aromatic rings. The molecule has 2 heterocycles. The number of halogens is 1. The Balaban J connectivity index is 1.51. The zero-order valence-electron chi connectivity index (χ0n) is 18.3. The number of anilines is 1. The lowest BCUT2D eigenvalue weighted by Crippen LogP contribution is -2.47. The number of nitrogens with one attached hydrogen (secondary N) is 1. The van der Waals surface area contributed by atoms with Crippen molar-refractivity contribution in [3.8, 4) is 0 Å². The van der Waals surface area contributed by atoms with Crippen molar-refractivity contribution in [3.63, 3.8) is 0 Å². The maximum Gasteiger partial charge on any atom is 0.256 e. The molecule has 0 unspecified atom stereocenters. The molecule has 0 aromatic heterocycles. The van der Waals surface area contributed by atoms with Crippen LogP contribution in [-0.2, 0) is 14.4 Å². The molecule has 2 aliphatic heterocycles. The summed E-state index contributed by atoms with van der Waals surface area (Å²) in [5, 5.41) is 3.12. The van der Waals surface area contributed by atoms with E-state index in [4.69, 9.17) is 11.6 Å². The van der Waals surface area contributed by atoms with Crippen molar-refractivity contribution in [3.05, 3.63) is 40.9 Å². The summed E-state index contributed by atoms with van der Waals surface area (Å²) in [7, 11) is 0. The molecule has 32 heavy (non-hydrogen) atoms. The van der Waals surface area contributed by atoms with E-state index in [0.29, 0.717) is 29.1 Å². The van der Waals surface area contributed by atoms with Gasteiger partial charge in [-0.25, -0.2) is 0 Å². The lowest BCUT2D eigenvalue weighted by Gasteiger charge is -2.39. The van der Waals surface area contributed by atoms with E-state index in [1.165, 1.54) is 0 Å². The number of nitrogens with zero attached hydrogens (tertiary/aromatic N) is 2. The lowest BCUT2D eigenvalue weighted by molar-refractivity contribution is -0.142. The van der Waals surface area contributed by atoms with Crippen molar-refractivity contribution in [1.29, 1.82) is 0 Å². The fourth-order valence-electron chi connectivity index (χ4n) is 5.12. The van der Waals surface area contributed by atoms with E-state index in [1.54, 1.807) is 18.2 Å². The third-order valence-electron chi connectivity index (χ3n) is 6.81. The Morgan fingerprint density at radius 1 is 1.03 bits per heavy atom. The van der Waals surface area contributed by atoms with Crippen LogP contribution >= 0.6 is 11.6 Å². The van der Waals surface area contributed by atoms with Crippen LogP contribution in [0.3, 0.4) is 0 Å². The van der Waals surface area contributed by atoms with E-state index < -0.39 is 5.91 Å². The number of hydrogen-bond acceptors (Lipinski definition) is 4. The molecule has 1 aliphatic carbocycles. The largest absolute Gasteiger partial charge is 0.333 e. The van der Waals surface area contributed by atoms with Crippen LogP contribution in [0.25, 0.3) is 0 Å². The molecule has 1 aromatic carbocycles. The molecule has 0 bridgehead atoms. The monoisotopic (exact) mass is 457 g/mol. The number of hydrogen-bond donors (Lipinski definition) is 1. The fourth-order valence-corrected chi connectivity index (χ4v) is 5.29. The number of fused-ring (bicyclic) bond motifs is 1. The van der Waals surface area contributed by atoms with Crippen molar-refractivity contribution < 1.29 is 19.2 Å². The number of imide groups is 1. The molecule has 7 nitrogen and oxygen atoms in total. The minimum absolute atomic E-state index is 0.0885. The van der Waals surface area contributed by atoms with Gasteiger partial charge in [0, 0.05) is 17.1 Å². The standard InChI is InChI=1S/C24H28ClN3O4/c1-14-6-5-7-15(2)28(14)24(32)19-12-16(25)10-11-20(19)26-21(29)13-27-22(30)17-8-3-4-9-18(17)23(27)31/h3-4,10-12,14-15,17-18H,5-9,13H2,1-2H3,(H,26,29)/t14-,15+,17-,18-/m1/s1. The first kappa shape index (κ1) is 22.5. The van der Waals surface area contributed by atoms with Gasteiger partial charge in [-0.1, -0.05) is 23.8 Å². The summed E-state index contributed by atoms with van der Waals surface area (Å²) in [6.45, 7) is 3.68. The molecule has 4 atom stereocenters. The highest BCUT2D eigenvalue weighted by Gasteiger charge is 2.47. The number of benzene rings is 1. The molecule has 170 valence electrons. The second kappa shape index (κ2) is 9.06. The highest BCUT2D eigenvalue weighted by molar-refractivity contribution is 6.31. The Bertz CT molecular complexity index is 955. The molecule has 4 amide bonds. The highest BCUT2D eigenvalue weighted by Crippen LogP contribution is 2.35. The van der Waals surface area contributed by atoms with Crippen LogP contribution in [-0.4, -0.2) is 52.1 Å². The number of carbonyl (C=O) groups excluding carboxylic acids is 4. The summed E-state index contributed by atoms with van der Waals surface area (Å²) in [5.41, 5.74) is 0.635. The van der Waals surface area contributed by atoms with Crippen molar-refractivity contribution in [2.24, 2.45) is 11.8 Å². The first-order valence-corrected chi connectivity index (χ1v) is 11.6. The number of rotatable bonds is 4. The Labute approximate surface area is 192 Å². The Morgan fingerprint density at radius 3 is 2.22 bits per heavy atom. The first-order valence-electron chi connectivity index (χ1n) is 11.2. The van der Waals surface area contributed by atoms with Crippen LogP contribution in [0.2, 0.25) is 5.02 Å². The molecule has 8 heteroatoms. The number of likely N-dealkylation sites (tertiary alicyclic amines) is 2. The average Bonchev–Trinajstić information content (AvgIpc) is 3.00. The predicted molar refractivity (Wildman–Crippen MR) is 121 cm³/mol. The quantitative estimate of drug-likeness (QED) is 0.552. The van der Waals surface area contributed by atoms with Crippen LogP contribution < -0.4 is 5.32 Å². The van der Waals surface area contributed by atoms with E-state index in [-0.39, 0.29) is 48.2 Å². The summed E-state index contributed by atoms with van der Waals surface area (Å²) in [6.07, 6.45) is 7.78. The van der Waals surface area contributed by atoms with E-state index in [1.807, 2.05) is 30.9 Å². The Morgan fingerprint density at radius 2 is 1.62 bits per heavy atom. The Hall–Kier alpha value is -2.67. The first-order chi connectivity index (χ1) is 15.3. The average molecular weight is 458 g/mol. The predicted octanol–water partition coefficient (Wildman–Crippen LogP) is 3.63. The van der Waals surface area contributed by atoms with E-state index in [9.17, 15) is 19.2 Å². The van der Waals surface area contributed by atoms with Crippen molar-refractivity contribution in [2.75, 3.05) is 11.9 Å². The van der Waals surface area contributed by atoms with Gasteiger partial charge in [0.2, 0.25) is 17.7 Å². The SMILES string of the molecule is C[C@@H]1CCC[C@H](C)N1C(=O)c1cc(Cl)ccc1NC(=O)CN1C(=O)[C@@H]2CC=CC[C@H]2C1=O. The number of allylic oxidation sites excluding steroid dienone is 2. The molecular weight excluding hydrogens is 430 g/mol. The van der Waals surface area contributed by atoms with Crippen LogP contribution in [0, 0.1) is 11.8 Å². The van der Waals surface area contributed by atoms with Gasteiger partial charge in [-0.15, -0.1) is 0 Å². The third-order valence-corrected chi connectivity index (χ3v) is 7.05. The van der Waals surface area contributed by atoms with E-state index >= 15 is 0 Å². The molecule has 2 saturated heterocycles. The van der Waals surface area contributed by atoms with Crippen molar-refractivity contribution in [2.45, 2.75) is 58.0 Å². The van der Waals surface area contributed by atoms with Gasteiger partial charge in [0.05, 0.1) is 23.1 Å². The van der Waals surface area contributed by atoms with Crippen molar-refractivity contribution >= 4 is 40.9 Å². The van der Waals surface area contributed by atoms with Gasteiger partial charge in [-0.3, -0.25) is 24.1 Å². The van der Waals surface area contributed by atoms with Crippen LogP contribution in [0.15, 0.2) is 30.4 Å². The lowest BCUT2D eigenvalue weighted by atomic mass is 9.85. The minimum Gasteiger partial charge on any atom is -0.333 e. The van der Waals surface area contributed by atoms with Crippen LogP contribution in [0.5, 0.6) is 0 Å². The molecule has 3 aliphatic rings. The maximum atomic E-state index is 13.4. The van der Waals surface area contributed by atoms with Gasteiger partial charge >= 0.3 is 0 Å². The second-order valence-corrected chi connectivity index (χ2v) is 9.43. The summed E-state index contributed by atoms with van der Waals surface area (Å²) in [6, 6.07) is 4.92. The van der Waals surface area contributed by atoms with Gasteiger partial charge in [0.25, 0.3) is 5.91 Å². The topological polar surface area (TPSA) is 86.8 Å². The fraction of sp³-hybridized carbons (Fsp3) is 0.500. The van der Waals surface area contributed by atoms with Gasteiger partial charge in [0.1, 0.15) is 6.54 Å². The van der Waals surface area contributed by atoms with E-state index in [0.717, 1.165) is 24.2 Å². The molecule has 2 fully saturated rings. The smallest absolute Gasteiger partial charge is 0.256 e. The van der Waals surface area contributed by atoms with Crippen LogP contribution in [0.4, 0.5) is 5.69 Å². The summed E-state index contributed by atoms with van der Waals surface area (Å²) < 4.78 is 0. The third kappa shape index (κ3) is 4.18. The zero-order chi connectivity index (χ0) is 23.0. The highest BCUT2D eigenvalue weighted by atomic mass is 35.5. The van der Waals surface area contributed by atoms with E-state index in [2.05, 4.69) is 5.32 Å². The normalized spacial score (nSPS) is 27.5. The Kier molecular flexibility index (Phi) is 6.38. The maximum absolute atomic E-state index is 13.4. The summed E-state index contributed by atoms with van der Waals surface area (Å²) in [4.78, 5) is 54.4. The zero-order valence-corrected chi connectivity index (χ0v) is 19.1. The summed E-state index contributed by atoms with van der Waals surface area (Å²) in [5.74, 6) is -2.07. The molecule has 1 N–H and O–H groups in total. The van der Waals surface area contributed by atoms with Crippen molar-refractivity contribution in [1.82, 2.24) is 9.80 Å². The number of carbonyl (C=O) groups is 4. The van der Waals surface area contributed by atoms with Gasteiger partial charge in [0.15, 0.2) is 0 Å². The van der Waals surface area contributed by atoms with Gasteiger partial charge in [-0.2, -0.15) is 0 Å². The van der Waals surface area contributed by atoms with Gasteiger partial charge in [-0.05, 0) is 64.2 Å². The molecular formula is C24H28ClN3O4. The second-order valence-electron chi connectivity index (χ2n) is 9.00. The van der Waals surface area contributed by atoms with Crippen LogP contribution in [0.1, 0.15) is 56.3 Å². The molecule has 0 spiro atoms. The number of amides is 4. The summed E-state index contributed by atoms with van der Waals surface area (Å²) >= 11 is 6.17. The molecule has 4 rings (SSSR count). The van der Waals surface area contributed by atoms with Gasteiger partial charge < -0.3 is 10.2 Å². The minimum atomic E-state index is -0.519. The number of piperidine rings is 1.